The van der Waals surface area contributed by atoms with Crippen molar-refractivity contribution in [2.75, 3.05) is 59.1 Å². The monoisotopic (exact) mass is 328 g/mol. The minimum atomic E-state index is 0.297. The zero-order valence-corrected chi connectivity index (χ0v) is 15.3. The molecule has 1 unspecified atom stereocenters. The van der Waals surface area contributed by atoms with Crippen molar-refractivity contribution in [3.8, 4) is 0 Å². The molecule has 1 aliphatic rings. The number of hydrogen-bond donors (Lipinski definition) is 2. The third-order valence-electron chi connectivity index (χ3n) is 4.00. The van der Waals surface area contributed by atoms with Gasteiger partial charge in [-0.2, -0.15) is 0 Å². The van der Waals surface area contributed by atoms with Crippen molar-refractivity contribution >= 4 is 5.96 Å². The first kappa shape index (κ1) is 20.2. The summed E-state index contributed by atoms with van der Waals surface area (Å²) in [4.78, 5) is 7.04. The van der Waals surface area contributed by atoms with Crippen molar-refractivity contribution in [1.82, 2.24) is 15.5 Å². The average Bonchev–Trinajstić information content (AvgIpc) is 3.08. The molecule has 6 nitrogen and oxygen atoms in total. The quantitative estimate of drug-likeness (QED) is 0.323. The fraction of sp³-hybridized carbons (Fsp3) is 0.941. The molecule has 1 heterocycles. The van der Waals surface area contributed by atoms with Crippen LogP contribution in [0.3, 0.4) is 0 Å². The molecule has 6 heteroatoms. The van der Waals surface area contributed by atoms with Crippen molar-refractivity contribution in [3.05, 3.63) is 0 Å². The maximum atomic E-state index is 5.75. The van der Waals surface area contributed by atoms with Gasteiger partial charge in [0.2, 0.25) is 0 Å². The Morgan fingerprint density at radius 2 is 2.04 bits per heavy atom. The molecule has 1 fully saturated rings. The van der Waals surface area contributed by atoms with Gasteiger partial charge < -0.3 is 25.0 Å². The number of nitrogens with one attached hydrogen (secondary N) is 2. The summed E-state index contributed by atoms with van der Waals surface area (Å²) >= 11 is 0. The number of nitrogens with zero attached hydrogens (tertiary/aromatic N) is 2. The van der Waals surface area contributed by atoms with Gasteiger partial charge in [-0.3, -0.25) is 4.99 Å². The summed E-state index contributed by atoms with van der Waals surface area (Å²) in [5.74, 6) is 0.913. The second-order valence-electron chi connectivity index (χ2n) is 5.78. The van der Waals surface area contributed by atoms with Crippen molar-refractivity contribution in [2.24, 2.45) is 4.99 Å². The lowest BCUT2D eigenvalue weighted by atomic mass is 10.3. The fourth-order valence-corrected chi connectivity index (χ4v) is 2.54. The van der Waals surface area contributed by atoms with Gasteiger partial charge in [0, 0.05) is 32.8 Å². The SMILES string of the molecule is CCNC(=NCCCOC1CCOC1)NCCCN(CC)CC. The number of guanidine groups is 1. The molecule has 0 aromatic carbocycles. The maximum Gasteiger partial charge on any atom is 0.191 e. The molecule has 0 aromatic heterocycles. The van der Waals surface area contributed by atoms with Crippen LogP contribution in [-0.2, 0) is 9.47 Å². The fourth-order valence-electron chi connectivity index (χ4n) is 2.54. The molecule has 1 saturated heterocycles. The minimum Gasteiger partial charge on any atom is -0.379 e. The van der Waals surface area contributed by atoms with Crippen molar-refractivity contribution in [3.63, 3.8) is 0 Å². The van der Waals surface area contributed by atoms with Gasteiger partial charge in [0.25, 0.3) is 0 Å². The van der Waals surface area contributed by atoms with Crippen LogP contribution in [0.5, 0.6) is 0 Å². The highest BCUT2D eigenvalue weighted by molar-refractivity contribution is 5.79. The lowest BCUT2D eigenvalue weighted by Gasteiger charge is -2.18. The Labute approximate surface area is 142 Å². The van der Waals surface area contributed by atoms with Gasteiger partial charge in [-0.05, 0) is 45.8 Å². The summed E-state index contributed by atoms with van der Waals surface area (Å²) in [6.45, 7) is 14.9. The van der Waals surface area contributed by atoms with E-state index >= 15 is 0 Å². The third-order valence-corrected chi connectivity index (χ3v) is 4.00. The van der Waals surface area contributed by atoms with Gasteiger partial charge in [-0.15, -0.1) is 0 Å². The average molecular weight is 329 g/mol. The Balaban J connectivity index is 2.11. The van der Waals surface area contributed by atoms with Crippen LogP contribution in [0.2, 0.25) is 0 Å². The molecular formula is C17H36N4O2. The van der Waals surface area contributed by atoms with Crippen LogP contribution in [0.15, 0.2) is 4.99 Å². The van der Waals surface area contributed by atoms with E-state index in [1.165, 1.54) is 0 Å². The molecular weight excluding hydrogens is 292 g/mol. The van der Waals surface area contributed by atoms with Crippen LogP contribution in [0.1, 0.15) is 40.0 Å². The minimum absolute atomic E-state index is 0.297. The summed E-state index contributed by atoms with van der Waals surface area (Å²) in [6, 6.07) is 0. The van der Waals surface area contributed by atoms with E-state index in [0.717, 1.165) is 84.3 Å². The van der Waals surface area contributed by atoms with E-state index in [4.69, 9.17) is 9.47 Å². The highest BCUT2D eigenvalue weighted by Crippen LogP contribution is 2.08. The number of rotatable bonds is 12. The first-order valence-electron chi connectivity index (χ1n) is 9.24. The van der Waals surface area contributed by atoms with Crippen LogP contribution in [0, 0.1) is 0 Å². The van der Waals surface area contributed by atoms with Gasteiger partial charge in [-0.1, -0.05) is 13.8 Å². The van der Waals surface area contributed by atoms with Crippen LogP contribution < -0.4 is 10.6 Å². The largest absolute Gasteiger partial charge is 0.379 e. The number of hydrogen-bond acceptors (Lipinski definition) is 4. The Morgan fingerprint density at radius 3 is 2.70 bits per heavy atom. The lowest BCUT2D eigenvalue weighted by molar-refractivity contribution is 0.0424. The lowest BCUT2D eigenvalue weighted by Crippen LogP contribution is -2.39. The van der Waals surface area contributed by atoms with Gasteiger partial charge in [0.15, 0.2) is 5.96 Å². The van der Waals surface area contributed by atoms with E-state index < -0.39 is 0 Å². The molecule has 0 aliphatic carbocycles. The molecule has 1 aliphatic heterocycles. The first-order chi connectivity index (χ1) is 11.3. The highest BCUT2D eigenvalue weighted by Gasteiger charge is 2.15. The van der Waals surface area contributed by atoms with Crippen LogP contribution in [0.4, 0.5) is 0 Å². The normalized spacial score (nSPS) is 18.6. The molecule has 136 valence electrons. The van der Waals surface area contributed by atoms with Crippen molar-refractivity contribution in [1.29, 1.82) is 0 Å². The molecule has 0 spiro atoms. The van der Waals surface area contributed by atoms with Crippen LogP contribution in [0.25, 0.3) is 0 Å². The summed E-state index contributed by atoms with van der Waals surface area (Å²) in [7, 11) is 0. The number of ether oxygens (including phenoxy) is 2. The molecule has 0 saturated carbocycles. The molecule has 2 N–H and O–H groups in total. The van der Waals surface area contributed by atoms with Crippen molar-refractivity contribution < 1.29 is 9.47 Å². The summed E-state index contributed by atoms with van der Waals surface area (Å²) < 4.78 is 11.0. The van der Waals surface area contributed by atoms with E-state index in [9.17, 15) is 0 Å². The Kier molecular flexibility index (Phi) is 11.9. The zero-order valence-electron chi connectivity index (χ0n) is 15.3. The molecule has 0 aromatic rings. The van der Waals surface area contributed by atoms with Crippen molar-refractivity contribution in [2.45, 2.75) is 46.1 Å². The van der Waals surface area contributed by atoms with Gasteiger partial charge in [-0.25, -0.2) is 0 Å². The van der Waals surface area contributed by atoms with E-state index in [1.54, 1.807) is 0 Å². The molecule has 0 amide bonds. The van der Waals surface area contributed by atoms with E-state index in [-0.39, 0.29) is 0 Å². The van der Waals surface area contributed by atoms with E-state index in [1.807, 2.05) is 0 Å². The van der Waals surface area contributed by atoms with Gasteiger partial charge in [0.1, 0.15) is 0 Å². The van der Waals surface area contributed by atoms with Gasteiger partial charge in [0.05, 0.1) is 12.7 Å². The topological polar surface area (TPSA) is 58.1 Å². The highest BCUT2D eigenvalue weighted by atomic mass is 16.5. The second kappa shape index (κ2) is 13.6. The smallest absolute Gasteiger partial charge is 0.191 e. The Morgan fingerprint density at radius 1 is 1.22 bits per heavy atom. The van der Waals surface area contributed by atoms with Crippen LogP contribution >= 0.6 is 0 Å². The predicted octanol–water partition coefficient (Wildman–Crippen LogP) is 1.47. The summed E-state index contributed by atoms with van der Waals surface area (Å²) in [5.41, 5.74) is 0. The summed E-state index contributed by atoms with van der Waals surface area (Å²) in [5, 5.41) is 6.70. The molecule has 1 atom stereocenters. The zero-order chi connectivity index (χ0) is 16.8. The molecule has 1 rings (SSSR count). The maximum absolute atomic E-state index is 5.75. The van der Waals surface area contributed by atoms with Gasteiger partial charge >= 0.3 is 0 Å². The number of aliphatic imine (C=N–C) groups is 1. The second-order valence-corrected chi connectivity index (χ2v) is 5.78. The molecule has 23 heavy (non-hydrogen) atoms. The first-order valence-corrected chi connectivity index (χ1v) is 9.24. The van der Waals surface area contributed by atoms with E-state index in [2.05, 4.69) is 41.3 Å². The molecule has 0 radical (unpaired) electrons. The Hall–Kier alpha value is -0.850. The summed E-state index contributed by atoms with van der Waals surface area (Å²) in [6.07, 6.45) is 3.41. The molecule has 0 bridgehead atoms. The Bertz CT molecular complexity index is 303. The standard InChI is InChI=1S/C17H36N4O2/c1-4-18-17(19-10-7-12-21(5-2)6-3)20-11-8-13-23-16-9-14-22-15-16/h16H,4-15H2,1-3H3,(H2,18,19,20). The third kappa shape index (κ3) is 9.79. The van der Waals surface area contributed by atoms with E-state index in [0.29, 0.717) is 6.10 Å². The predicted molar refractivity (Wildman–Crippen MR) is 96.2 cm³/mol. The van der Waals surface area contributed by atoms with Crippen LogP contribution in [-0.4, -0.2) is 76.1 Å².